The number of benzene rings is 1. The number of hydrogen-bond donors (Lipinski definition) is 1. The highest BCUT2D eigenvalue weighted by Crippen LogP contribution is 2.15. The Labute approximate surface area is 104 Å². The van der Waals surface area contributed by atoms with Crippen molar-refractivity contribution in [1.29, 1.82) is 0 Å². The SMILES string of the molecule is CNCCCN(C)S(=O)(=O)c1cccc(C)c1. The summed E-state index contributed by atoms with van der Waals surface area (Å²) in [7, 11) is 0.138. The van der Waals surface area contributed by atoms with Gasteiger partial charge in [-0.3, -0.25) is 0 Å². The second-order valence-electron chi connectivity index (χ2n) is 4.10. The van der Waals surface area contributed by atoms with Crippen molar-refractivity contribution in [2.45, 2.75) is 18.2 Å². The molecule has 0 unspecified atom stereocenters. The second kappa shape index (κ2) is 6.14. The first-order valence-corrected chi connectivity index (χ1v) is 7.10. The van der Waals surface area contributed by atoms with E-state index in [0.717, 1.165) is 18.5 Å². The van der Waals surface area contributed by atoms with E-state index in [0.29, 0.717) is 11.4 Å². The molecule has 1 aromatic rings. The fraction of sp³-hybridized carbons (Fsp3) is 0.500. The highest BCUT2D eigenvalue weighted by Gasteiger charge is 2.19. The number of aryl methyl sites for hydroxylation is 1. The molecular formula is C12H20N2O2S. The summed E-state index contributed by atoms with van der Waals surface area (Å²) in [6.45, 7) is 3.23. The number of nitrogens with one attached hydrogen (secondary N) is 1. The molecule has 4 nitrogen and oxygen atoms in total. The van der Waals surface area contributed by atoms with E-state index in [1.807, 2.05) is 20.0 Å². The zero-order valence-corrected chi connectivity index (χ0v) is 11.4. The first-order chi connectivity index (χ1) is 7.98. The normalized spacial score (nSPS) is 12.0. The van der Waals surface area contributed by atoms with Gasteiger partial charge in [0.25, 0.3) is 0 Å². The molecule has 17 heavy (non-hydrogen) atoms. The maximum atomic E-state index is 12.2. The topological polar surface area (TPSA) is 49.4 Å². The van der Waals surface area contributed by atoms with Crippen LogP contribution in [0.1, 0.15) is 12.0 Å². The minimum atomic E-state index is -3.34. The summed E-state index contributed by atoms with van der Waals surface area (Å²) in [6.07, 6.45) is 0.804. The highest BCUT2D eigenvalue weighted by molar-refractivity contribution is 7.89. The van der Waals surface area contributed by atoms with Crippen molar-refractivity contribution >= 4 is 10.0 Å². The lowest BCUT2D eigenvalue weighted by atomic mass is 10.2. The van der Waals surface area contributed by atoms with Crippen molar-refractivity contribution in [3.8, 4) is 0 Å². The van der Waals surface area contributed by atoms with Crippen LogP contribution >= 0.6 is 0 Å². The van der Waals surface area contributed by atoms with E-state index in [2.05, 4.69) is 5.32 Å². The van der Waals surface area contributed by atoms with Gasteiger partial charge >= 0.3 is 0 Å². The first kappa shape index (κ1) is 14.2. The summed E-state index contributed by atoms with van der Waals surface area (Å²) in [5.74, 6) is 0. The van der Waals surface area contributed by atoms with Crippen molar-refractivity contribution in [2.75, 3.05) is 27.2 Å². The average molecular weight is 256 g/mol. The molecule has 0 aliphatic rings. The van der Waals surface area contributed by atoms with Crippen LogP contribution < -0.4 is 5.32 Å². The van der Waals surface area contributed by atoms with E-state index < -0.39 is 10.0 Å². The van der Waals surface area contributed by atoms with Gasteiger partial charge in [0.2, 0.25) is 10.0 Å². The smallest absolute Gasteiger partial charge is 0.242 e. The van der Waals surface area contributed by atoms with E-state index in [1.165, 1.54) is 4.31 Å². The molecule has 0 amide bonds. The Kier molecular flexibility index (Phi) is 5.11. The highest BCUT2D eigenvalue weighted by atomic mass is 32.2. The fourth-order valence-corrected chi connectivity index (χ4v) is 2.87. The van der Waals surface area contributed by atoms with Gasteiger partial charge in [0.1, 0.15) is 0 Å². The summed E-state index contributed by atoms with van der Waals surface area (Å²) in [4.78, 5) is 0.365. The van der Waals surface area contributed by atoms with Gasteiger partial charge in [0, 0.05) is 13.6 Å². The zero-order valence-electron chi connectivity index (χ0n) is 10.6. The molecule has 0 aromatic heterocycles. The standard InChI is InChI=1S/C12H20N2O2S/c1-11-6-4-7-12(10-11)17(15,16)14(3)9-5-8-13-2/h4,6-7,10,13H,5,8-9H2,1-3H3. The molecule has 0 saturated carbocycles. The molecule has 0 heterocycles. The van der Waals surface area contributed by atoms with E-state index in [1.54, 1.807) is 25.2 Å². The molecule has 5 heteroatoms. The molecule has 1 aromatic carbocycles. The van der Waals surface area contributed by atoms with Crippen LogP contribution in [0.3, 0.4) is 0 Å². The average Bonchev–Trinajstić information content (AvgIpc) is 2.29. The summed E-state index contributed by atoms with van der Waals surface area (Å²) in [5.41, 5.74) is 0.953. The first-order valence-electron chi connectivity index (χ1n) is 5.66. The second-order valence-corrected chi connectivity index (χ2v) is 6.15. The maximum Gasteiger partial charge on any atom is 0.242 e. The molecule has 0 bridgehead atoms. The molecule has 1 N–H and O–H groups in total. The Balaban J connectivity index is 2.80. The Morgan fingerprint density at radius 3 is 2.65 bits per heavy atom. The van der Waals surface area contributed by atoms with Gasteiger partial charge in [-0.25, -0.2) is 12.7 Å². The lowest BCUT2D eigenvalue weighted by Gasteiger charge is -2.17. The van der Waals surface area contributed by atoms with Gasteiger partial charge in [0.05, 0.1) is 4.90 Å². The molecule has 0 fully saturated rings. The Bertz CT molecular complexity index is 457. The quantitative estimate of drug-likeness (QED) is 0.779. The van der Waals surface area contributed by atoms with E-state index in [-0.39, 0.29) is 0 Å². The summed E-state index contributed by atoms with van der Waals surface area (Å²) < 4.78 is 25.8. The van der Waals surface area contributed by atoms with Gasteiger partial charge in [-0.1, -0.05) is 12.1 Å². The summed E-state index contributed by atoms with van der Waals surface area (Å²) >= 11 is 0. The maximum absolute atomic E-state index is 12.2. The van der Waals surface area contributed by atoms with Gasteiger partial charge in [-0.05, 0) is 44.6 Å². The van der Waals surface area contributed by atoms with Crippen molar-refractivity contribution in [3.05, 3.63) is 29.8 Å². The number of sulfonamides is 1. The van der Waals surface area contributed by atoms with Gasteiger partial charge < -0.3 is 5.32 Å². The van der Waals surface area contributed by atoms with Crippen LogP contribution in [-0.4, -0.2) is 39.9 Å². The molecule has 0 atom stereocenters. The van der Waals surface area contributed by atoms with Crippen LogP contribution in [0.25, 0.3) is 0 Å². The Hall–Kier alpha value is -0.910. The third kappa shape index (κ3) is 3.80. The Morgan fingerprint density at radius 1 is 1.35 bits per heavy atom. The van der Waals surface area contributed by atoms with E-state index >= 15 is 0 Å². The van der Waals surface area contributed by atoms with Gasteiger partial charge in [0.15, 0.2) is 0 Å². The molecule has 0 aliphatic carbocycles. The predicted octanol–water partition coefficient (Wildman–Crippen LogP) is 1.23. The van der Waals surface area contributed by atoms with E-state index in [9.17, 15) is 8.42 Å². The summed E-state index contributed by atoms with van der Waals surface area (Å²) in [5, 5.41) is 3.00. The zero-order chi connectivity index (χ0) is 12.9. The van der Waals surface area contributed by atoms with Crippen molar-refractivity contribution in [2.24, 2.45) is 0 Å². The molecular weight excluding hydrogens is 236 g/mol. The molecule has 0 saturated heterocycles. The molecule has 0 radical (unpaired) electrons. The summed E-state index contributed by atoms with van der Waals surface area (Å²) in [6, 6.07) is 6.99. The predicted molar refractivity (Wildman–Crippen MR) is 69.5 cm³/mol. The van der Waals surface area contributed by atoms with Crippen LogP contribution in [0.15, 0.2) is 29.2 Å². The van der Waals surface area contributed by atoms with Crippen LogP contribution in [0.5, 0.6) is 0 Å². The van der Waals surface area contributed by atoms with Gasteiger partial charge in [-0.2, -0.15) is 0 Å². The van der Waals surface area contributed by atoms with Crippen LogP contribution in [0.2, 0.25) is 0 Å². The van der Waals surface area contributed by atoms with Crippen molar-refractivity contribution < 1.29 is 8.42 Å². The van der Waals surface area contributed by atoms with Crippen LogP contribution in [0, 0.1) is 6.92 Å². The number of hydrogen-bond acceptors (Lipinski definition) is 3. The molecule has 0 spiro atoms. The lowest BCUT2D eigenvalue weighted by molar-refractivity contribution is 0.458. The fourth-order valence-electron chi connectivity index (χ4n) is 1.55. The molecule has 96 valence electrons. The number of nitrogens with zero attached hydrogens (tertiary/aromatic N) is 1. The Morgan fingerprint density at radius 2 is 2.06 bits per heavy atom. The minimum Gasteiger partial charge on any atom is -0.320 e. The third-order valence-electron chi connectivity index (χ3n) is 2.60. The van der Waals surface area contributed by atoms with Crippen LogP contribution in [-0.2, 0) is 10.0 Å². The van der Waals surface area contributed by atoms with E-state index in [4.69, 9.17) is 0 Å². The van der Waals surface area contributed by atoms with Crippen molar-refractivity contribution in [1.82, 2.24) is 9.62 Å². The lowest BCUT2D eigenvalue weighted by Crippen LogP contribution is -2.29. The van der Waals surface area contributed by atoms with Crippen molar-refractivity contribution in [3.63, 3.8) is 0 Å². The molecule has 1 rings (SSSR count). The monoisotopic (exact) mass is 256 g/mol. The van der Waals surface area contributed by atoms with Crippen LogP contribution in [0.4, 0.5) is 0 Å². The largest absolute Gasteiger partial charge is 0.320 e. The third-order valence-corrected chi connectivity index (χ3v) is 4.45. The molecule has 0 aliphatic heterocycles. The minimum absolute atomic E-state index is 0.365. The number of rotatable bonds is 6. The van der Waals surface area contributed by atoms with Gasteiger partial charge in [-0.15, -0.1) is 0 Å².